The summed E-state index contributed by atoms with van der Waals surface area (Å²) < 4.78 is 7.84. The van der Waals surface area contributed by atoms with Gasteiger partial charge in [-0.05, 0) is 12.0 Å². The van der Waals surface area contributed by atoms with Crippen molar-refractivity contribution in [2.45, 2.75) is 32.6 Å². The van der Waals surface area contributed by atoms with Crippen molar-refractivity contribution in [2.24, 2.45) is 0 Å². The first-order valence-electron chi connectivity index (χ1n) is 5.96. The topological polar surface area (TPSA) is 39.9 Å². The van der Waals surface area contributed by atoms with Gasteiger partial charge in [0.1, 0.15) is 12.4 Å². The lowest BCUT2D eigenvalue weighted by atomic mass is 10.2. The van der Waals surface area contributed by atoms with Crippen molar-refractivity contribution in [3.8, 4) is 0 Å². The number of aromatic nitrogens is 3. The summed E-state index contributed by atoms with van der Waals surface area (Å²) in [5.74, 6) is 2.05. The minimum Gasteiger partial charge on any atom is -0.369 e. The van der Waals surface area contributed by atoms with Crippen LogP contribution in [0.25, 0.3) is 0 Å². The largest absolute Gasteiger partial charge is 0.369 e. The molecule has 3 rings (SSSR count). The maximum absolute atomic E-state index is 5.67. The summed E-state index contributed by atoms with van der Waals surface area (Å²) in [6, 6.07) is 10.2. The van der Waals surface area contributed by atoms with Gasteiger partial charge in [-0.25, -0.2) is 0 Å². The Morgan fingerprint density at radius 3 is 2.88 bits per heavy atom. The first-order valence-corrected chi connectivity index (χ1v) is 5.96. The Bertz CT molecular complexity index is 493. The summed E-state index contributed by atoms with van der Waals surface area (Å²) in [6.45, 7) is 2.21. The molecule has 2 heterocycles. The van der Waals surface area contributed by atoms with E-state index in [4.69, 9.17) is 4.74 Å². The van der Waals surface area contributed by atoms with Gasteiger partial charge < -0.3 is 9.30 Å². The lowest BCUT2D eigenvalue weighted by Crippen LogP contribution is -2.03. The van der Waals surface area contributed by atoms with Crippen LogP contribution in [-0.4, -0.2) is 14.8 Å². The third-order valence-electron chi connectivity index (χ3n) is 3.03. The molecule has 4 heteroatoms. The molecule has 0 fully saturated rings. The predicted molar refractivity (Wildman–Crippen MR) is 63.3 cm³/mol. The van der Waals surface area contributed by atoms with Crippen molar-refractivity contribution in [2.75, 3.05) is 0 Å². The molecule has 1 aliphatic heterocycles. The Hall–Kier alpha value is -1.68. The van der Waals surface area contributed by atoms with Gasteiger partial charge in [-0.1, -0.05) is 30.3 Å². The van der Waals surface area contributed by atoms with Crippen LogP contribution in [0, 0.1) is 0 Å². The van der Waals surface area contributed by atoms with Crippen molar-refractivity contribution in [3.63, 3.8) is 0 Å². The normalized spacial score (nSPS) is 13.9. The Kier molecular flexibility index (Phi) is 2.88. The molecule has 0 atom stereocenters. The summed E-state index contributed by atoms with van der Waals surface area (Å²) in [7, 11) is 0. The number of benzene rings is 1. The molecule has 0 N–H and O–H groups in total. The second kappa shape index (κ2) is 4.67. The van der Waals surface area contributed by atoms with E-state index in [1.54, 1.807) is 0 Å². The molecular formula is C13H15N3O. The molecule has 1 aromatic carbocycles. The fourth-order valence-electron chi connectivity index (χ4n) is 2.15. The Morgan fingerprint density at radius 2 is 2.00 bits per heavy atom. The summed E-state index contributed by atoms with van der Waals surface area (Å²) in [5, 5.41) is 8.31. The number of fused-ring (bicyclic) bond motifs is 1. The first kappa shape index (κ1) is 10.5. The average Bonchev–Trinajstić information content (AvgIpc) is 2.95. The number of ether oxygens (including phenoxy) is 1. The minimum absolute atomic E-state index is 0.544. The number of aryl methyl sites for hydroxylation is 1. The van der Waals surface area contributed by atoms with E-state index in [1.807, 2.05) is 18.2 Å². The van der Waals surface area contributed by atoms with Gasteiger partial charge in [0.15, 0.2) is 5.82 Å². The van der Waals surface area contributed by atoms with Crippen LogP contribution in [0.5, 0.6) is 0 Å². The predicted octanol–water partition coefficient (Wildman–Crippen LogP) is 1.94. The highest BCUT2D eigenvalue weighted by Crippen LogP contribution is 2.14. The second-order valence-corrected chi connectivity index (χ2v) is 4.27. The van der Waals surface area contributed by atoms with E-state index in [-0.39, 0.29) is 0 Å². The van der Waals surface area contributed by atoms with Crippen LogP contribution in [0.3, 0.4) is 0 Å². The third kappa shape index (κ3) is 2.22. The molecule has 0 saturated carbocycles. The quantitative estimate of drug-likeness (QED) is 0.804. The maximum Gasteiger partial charge on any atom is 0.159 e. The highest BCUT2D eigenvalue weighted by molar-refractivity contribution is 5.13. The highest BCUT2D eigenvalue weighted by atomic mass is 16.5. The number of hydrogen-bond donors (Lipinski definition) is 0. The van der Waals surface area contributed by atoms with Gasteiger partial charge in [-0.3, -0.25) is 0 Å². The number of hydrogen-bond acceptors (Lipinski definition) is 3. The van der Waals surface area contributed by atoms with Crippen LogP contribution >= 0.6 is 0 Å². The van der Waals surface area contributed by atoms with E-state index in [1.165, 1.54) is 12.0 Å². The van der Waals surface area contributed by atoms with E-state index in [9.17, 15) is 0 Å². The van der Waals surface area contributed by atoms with Gasteiger partial charge in [-0.15, -0.1) is 10.2 Å². The van der Waals surface area contributed by atoms with E-state index in [0.717, 1.165) is 24.6 Å². The Balaban J connectivity index is 1.58. The van der Waals surface area contributed by atoms with Gasteiger partial charge in [0, 0.05) is 13.0 Å². The van der Waals surface area contributed by atoms with Crippen molar-refractivity contribution in [1.82, 2.24) is 14.8 Å². The molecule has 2 aromatic rings. The molecular weight excluding hydrogens is 214 g/mol. The zero-order valence-electron chi connectivity index (χ0n) is 9.67. The molecule has 0 radical (unpaired) electrons. The van der Waals surface area contributed by atoms with Crippen molar-refractivity contribution >= 4 is 0 Å². The molecule has 17 heavy (non-hydrogen) atoms. The standard InChI is InChI=1S/C13H15N3O/c1-2-5-11(6-3-1)9-17-10-13-15-14-12-7-4-8-16(12)13/h1-3,5-6H,4,7-10H2. The fourth-order valence-corrected chi connectivity index (χ4v) is 2.15. The highest BCUT2D eigenvalue weighted by Gasteiger charge is 2.16. The average molecular weight is 229 g/mol. The number of nitrogens with zero attached hydrogens (tertiary/aromatic N) is 3. The zero-order chi connectivity index (χ0) is 11.5. The maximum atomic E-state index is 5.67. The van der Waals surface area contributed by atoms with Crippen LogP contribution in [0.15, 0.2) is 30.3 Å². The van der Waals surface area contributed by atoms with Crippen molar-refractivity contribution < 1.29 is 4.74 Å². The van der Waals surface area contributed by atoms with Crippen LogP contribution < -0.4 is 0 Å². The van der Waals surface area contributed by atoms with Gasteiger partial charge in [0.25, 0.3) is 0 Å². The first-order chi connectivity index (χ1) is 8.43. The molecule has 0 spiro atoms. The molecule has 4 nitrogen and oxygen atoms in total. The second-order valence-electron chi connectivity index (χ2n) is 4.27. The van der Waals surface area contributed by atoms with Crippen LogP contribution in [0.1, 0.15) is 23.6 Å². The van der Waals surface area contributed by atoms with Crippen LogP contribution in [0.4, 0.5) is 0 Å². The Morgan fingerprint density at radius 1 is 1.12 bits per heavy atom. The van der Waals surface area contributed by atoms with E-state index >= 15 is 0 Å². The lowest BCUT2D eigenvalue weighted by molar-refractivity contribution is 0.0992. The lowest BCUT2D eigenvalue weighted by Gasteiger charge is -2.04. The van der Waals surface area contributed by atoms with E-state index in [2.05, 4.69) is 26.9 Å². The summed E-state index contributed by atoms with van der Waals surface area (Å²) in [5.41, 5.74) is 1.19. The van der Waals surface area contributed by atoms with Gasteiger partial charge in [-0.2, -0.15) is 0 Å². The smallest absolute Gasteiger partial charge is 0.159 e. The minimum atomic E-state index is 0.544. The van der Waals surface area contributed by atoms with Crippen molar-refractivity contribution in [3.05, 3.63) is 47.5 Å². The molecule has 88 valence electrons. The third-order valence-corrected chi connectivity index (χ3v) is 3.03. The zero-order valence-corrected chi connectivity index (χ0v) is 9.67. The van der Waals surface area contributed by atoms with Gasteiger partial charge in [0.05, 0.1) is 6.61 Å². The van der Waals surface area contributed by atoms with Gasteiger partial charge in [0.2, 0.25) is 0 Å². The van der Waals surface area contributed by atoms with Crippen LogP contribution in [-0.2, 0) is 30.9 Å². The number of rotatable bonds is 4. The monoisotopic (exact) mass is 229 g/mol. The summed E-state index contributed by atoms with van der Waals surface area (Å²) >= 11 is 0. The molecule has 0 bridgehead atoms. The van der Waals surface area contributed by atoms with Crippen LogP contribution in [0.2, 0.25) is 0 Å². The SMILES string of the molecule is c1ccc(COCc2nnc3n2CCC3)cc1. The summed E-state index contributed by atoms with van der Waals surface area (Å²) in [4.78, 5) is 0. The summed E-state index contributed by atoms with van der Waals surface area (Å²) in [6.07, 6.45) is 2.22. The Labute approximate surface area is 100 Å². The van der Waals surface area contributed by atoms with E-state index in [0.29, 0.717) is 13.2 Å². The van der Waals surface area contributed by atoms with Crippen molar-refractivity contribution in [1.29, 1.82) is 0 Å². The molecule has 1 aliphatic rings. The molecule has 0 amide bonds. The molecule has 0 saturated heterocycles. The van der Waals surface area contributed by atoms with Gasteiger partial charge >= 0.3 is 0 Å². The molecule has 0 aliphatic carbocycles. The van der Waals surface area contributed by atoms with E-state index < -0.39 is 0 Å². The fraction of sp³-hybridized carbons (Fsp3) is 0.385. The molecule has 1 aromatic heterocycles. The molecule has 0 unspecified atom stereocenters.